The van der Waals surface area contributed by atoms with E-state index in [2.05, 4.69) is 12.0 Å². The number of nitrogens with zero attached hydrogens (tertiary/aromatic N) is 4. The third kappa shape index (κ3) is 3.06. The third-order valence-electron chi connectivity index (χ3n) is 4.23. The lowest BCUT2D eigenvalue weighted by Crippen LogP contribution is -2.45. The van der Waals surface area contributed by atoms with Gasteiger partial charge in [0.15, 0.2) is 0 Å². The minimum absolute atomic E-state index is 0.00190. The van der Waals surface area contributed by atoms with Crippen LogP contribution in [-0.2, 0) is 11.3 Å². The van der Waals surface area contributed by atoms with Gasteiger partial charge in [-0.15, -0.1) is 0 Å². The lowest BCUT2D eigenvalue weighted by atomic mass is 10.00. The standard InChI is InChI=1S/C14H22N4O3/c1-4-12-7-5-6-8-16(12)13(19)9-17-11(3)14(18(20)21)10(2)15-17/h12H,4-9H2,1-3H3/t12-/m0/s1. The van der Waals surface area contributed by atoms with Crippen LogP contribution < -0.4 is 0 Å². The van der Waals surface area contributed by atoms with E-state index in [0.717, 1.165) is 32.2 Å². The number of carbonyl (C=O) groups excluding carboxylic acids is 1. The number of hydrogen-bond donors (Lipinski definition) is 0. The highest BCUT2D eigenvalue weighted by Gasteiger charge is 2.28. The molecule has 1 atom stereocenters. The zero-order valence-corrected chi connectivity index (χ0v) is 12.8. The Kier molecular flexibility index (Phi) is 4.59. The Morgan fingerprint density at radius 1 is 1.43 bits per heavy atom. The van der Waals surface area contributed by atoms with Crippen LogP contribution in [0.15, 0.2) is 0 Å². The summed E-state index contributed by atoms with van der Waals surface area (Å²) < 4.78 is 1.46. The van der Waals surface area contributed by atoms with Gasteiger partial charge in [0, 0.05) is 12.6 Å². The van der Waals surface area contributed by atoms with Crippen LogP contribution in [0.2, 0.25) is 0 Å². The Hall–Kier alpha value is -1.92. The molecule has 7 nitrogen and oxygen atoms in total. The van der Waals surface area contributed by atoms with Crippen LogP contribution in [0.5, 0.6) is 0 Å². The van der Waals surface area contributed by atoms with Crippen LogP contribution in [0, 0.1) is 24.0 Å². The zero-order chi connectivity index (χ0) is 15.6. The SMILES string of the molecule is CC[C@H]1CCCCN1C(=O)Cn1nc(C)c([N+](=O)[O-])c1C. The van der Waals surface area contributed by atoms with E-state index < -0.39 is 4.92 Å². The van der Waals surface area contributed by atoms with E-state index in [-0.39, 0.29) is 18.1 Å². The summed E-state index contributed by atoms with van der Waals surface area (Å²) in [4.78, 5) is 24.9. The summed E-state index contributed by atoms with van der Waals surface area (Å²) in [6.07, 6.45) is 4.18. The van der Waals surface area contributed by atoms with E-state index in [4.69, 9.17) is 0 Å². The Bertz CT molecular complexity index is 553. The van der Waals surface area contributed by atoms with Gasteiger partial charge in [0.05, 0.1) is 4.92 Å². The first-order valence-corrected chi connectivity index (χ1v) is 7.43. The minimum Gasteiger partial charge on any atom is -0.338 e. The maximum atomic E-state index is 12.5. The minimum atomic E-state index is -0.436. The van der Waals surface area contributed by atoms with Crippen LogP contribution in [0.25, 0.3) is 0 Å². The molecule has 1 saturated heterocycles. The van der Waals surface area contributed by atoms with E-state index in [9.17, 15) is 14.9 Å². The molecule has 0 radical (unpaired) electrons. The van der Waals surface area contributed by atoms with Gasteiger partial charge in [-0.2, -0.15) is 5.10 Å². The van der Waals surface area contributed by atoms with E-state index >= 15 is 0 Å². The van der Waals surface area contributed by atoms with Gasteiger partial charge in [0.1, 0.15) is 17.9 Å². The molecular weight excluding hydrogens is 272 g/mol. The molecule has 116 valence electrons. The molecule has 0 unspecified atom stereocenters. The van der Waals surface area contributed by atoms with Gasteiger partial charge in [-0.3, -0.25) is 19.6 Å². The maximum absolute atomic E-state index is 12.5. The summed E-state index contributed by atoms with van der Waals surface area (Å²) in [6.45, 7) is 6.18. The van der Waals surface area contributed by atoms with Crippen molar-refractivity contribution >= 4 is 11.6 Å². The molecule has 7 heteroatoms. The lowest BCUT2D eigenvalue weighted by Gasteiger charge is -2.35. The van der Waals surface area contributed by atoms with Crippen molar-refractivity contribution in [2.45, 2.75) is 59.0 Å². The number of amides is 1. The molecule has 1 aliphatic rings. The Morgan fingerprint density at radius 2 is 2.14 bits per heavy atom. The second kappa shape index (κ2) is 6.24. The van der Waals surface area contributed by atoms with Crippen molar-refractivity contribution in [3.8, 4) is 0 Å². The molecule has 1 fully saturated rings. The Morgan fingerprint density at radius 3 is 2.71 bits per heavy atom. The van der Waals surface area contributed by atoms with Crippen molar-refractivity contribution in [1.82, 2.24) is 14.7 Å². The predicted octanol–water partition coefficient (Wildman–Crippen LogP) is 2.20. The molecular formula is C14H22N4O3. The third-order valence-corrected chi connectivity index (χ3v) is 4.23. The predicted molar refractivity (Wildman–Crippen MR) is 78.0 cm³/mol. The van der Waals surface area contributed by atoms with Gasteiger partial charge >= 0.3 is 5.69 Å². The zero-order valence-electron chi connectivity index (χ0n) is 12.8. The summed E-state index contributed by atoms with van der Waals surface area (Å²) in [5, 5.41) is 15.1. The van der Waals surface area contributed by atoms with Gasteiger partial charge in [0.2, 0.25) is 5.91 Å². The molecule has 0 bridgehead atoms. The first-order valence-electron chi connectivity index (χ1n) is 7.43. The van der Waals surface area contributed by atoms with Crippen molar-refractivity contribution in [2.24, 2.45) is 0 Å². The largest absolute Gasteiger partial charge is 0.338 e. The number of rotatable bonds is 4. The molecule has 0 saturated carbocycles. The average Bonchev–Trinajstić information content (AvgIpc) is 2.73. The number of aromatic nitrogens is 2. The number of hydrogen-bond acceptors (Lipinski definition) is 4. The highest BCUT2D eigenvalue weighted by atomic mass is 16.6. The van der Waals surface area contributed by atoms with E-state index in [1.807, 2.05) is 4.90 Å². The number of aryl methyl sites for hydroxylation is 1. The van der Waals surface area contributed by atoms with Gasteiger partial charge in [-0.1, -0.05) is 6.92 Å². The molecule has 0 aliphatic carbocycles. The maximum Gasteiger partial charge on any atom is 0.312 e. The second-order valence-corrected chi connectivity index (χ2v) is 5.58. The number of carbonyl (C=O) groups is 1. The van der Waals surface area contributed by atoms with E-state index in [0.29, 0.717) is 17.4 Å². The molecule has 0 aromatic carbocycles. The molecule has 2 heterocycles. The Labute approximate surface area is 124 Å². The monoisotopic (exact) mass is 294 g/mol. The first kappa shape index (κ1) is 15.5. The smallest absolute Gasteiger partial charge is 0.312 e. The summed E-state index contributed by atoms with van der Waals surface area (Å²) in [7, 11) is 0. The number of likely N-dealkylation sites (tertiary alicyclic amines) is 1. The summed E-state index contributed by atoms with van der Waals surface area (Å²) in [5.74, 6) is 0.00190. The molecule has 0 spiro atoms. The van der Waals surface area contributed by atoms with Gasteiger partial charge in [0.25, 0.3) is 0 Å². The van der Waals surface area contributed by atoms with Crippen molar-refractivity contribution in [3.63, 3.8) is 0 Å². The fourth-order valence-corrected chi connectivity index (χ4v) is 3.08. The van der Waals surface area contributed by atoms with Crippen molar-refractivity contribution in [3.05, 3.63) is 21.5 Å². The topological polar surface area (TPSA) is 81.3 Å². The average molecular weight is 294 g/mol. The molecule has 1 amide bonds. The summed E-state index contributed by atoms with van der Waals surface area (Å²) in [5.41, 5.74) is 0.806. The van der Waals surface area contributed by atoms with Crippen LogP contribution in [0.3, 0.4) is 0 Å². The first-order chi connectivity index (χ1) is 9.95. The quantitative estimate of drug-likeness (QED) is 0.629. The fraction of sp³-hybridized carbons (Fsp3) is 0.714. The highest BCUT2D eigenvalue weighted by Crippen LogP contribution is 2.23. The molecule has 2 rings (SSSR count). The van der Waals surface area contributed by atoms with Gasteiger partial charge < -0.3 is 4.90 Å². The van der Waals surface area contributed by atoms with Crippen molar-refractivity contribution in [2.75, 3.05) is 6.54 Å². The van der Waals surface area contributed by atoms with Crippen LogP contribution in [0.1, 0.15) is 44.0 Å². The lowest BCUT2D eigenvalue weighted by molar-refractivity contribution is -0.386. The fourth-order valence-electron chi connectivity index (χ4n) is 3.08. The van der Waals surface area contributed by atoms with E-state index in [1.165, 1.54) is 4.68 Å². The van der Waals surface area contributed by atoms with Crippen molar-refractivity contribution < 1.29 is 9.72 Å². The highest BCUT2D eigenvalue weighted by molar-refractivity contribution is 5.76. The van der Waals surface area contributed by atoms with Gasteiger partial charge in [-0.25, -0.2) is 0 Å². The second-order valence-electron chi connectivity index (χ2n) is 5.58. The molecule has 21 heavy (non-hydrogen) atoms. The van der Waals surface area contributed by atoms with Crippen LogP contribution >= 0.6 is 0 Å². The van der Waals surface area contributed by atoms with Crippen LogP contribution in [-0.4, -0.2) is 38.1 Å². The molecule has 1 aliphatic heterocycles. The Balaban J connectivity index is 2.16. The summed E-state index contributed by atoms with van der Waals surface area (Å²) >= 11 is 0. The van der Waals surface area contributed by atoms with E-state index in [1.54, 1.807) is 13.8 Å². The molecule has 0 N–H and O–H groups in total. The summed E-state index contributed by atoms with van der Waals surface area (Å²) in [6, 6.07) is 0.290. The van der Waals surface area contributed by atoms with Crippen LogP contribution in [0.4, 0.5) is 5.69 Å². The number of piperidine rings is 1. The van der Waals surface area contributed by atoms with Gasteiger partial charge in [-0.05, 0) is 39.5 Å². The van der Waals surface area contributed by atoms with Crippen molar-refractivity contribution in [1.29, 1.82) is 0 Å². The normalized spacial score (nSPS) is 18.8. The number of nitro groups is 1. The molecule has 1 aromatic heterocycles. The molecule has 1 aromatic rings.